The second-order valence-corrected chi connectivity index (χ2v) is 5.05. The highest BCUT2D eigenvalue weighted by molar-refractivity contribution is 5.76. The Labute approximate surface area is 111 Å². The Kier molecular flexibility index (Phi) is 4.75. The summed E-state index contributed by atoms with van der Waals surface area (Å²) < 4.78 is 10.3. The first-order valence-electron chi connectivity index (χ1n) is 6.55. The summed E-state index contributed by atoms with van der Waals surface area (Å²) >= 11 is 0. The van der Waals surface area contributed by atoms with Crippen molar-refractivity contribution in [3.63, 3.8) is 0 Å². The summed E-state index contributed by atoms with van der Waals surface area (Å²) in [5.41, 5.74) is 0. The number of hydrogen-bond acceptors (Lipinski definition) is 6. The van der Waals surface area contributed by atoms with Crippen molar-refractivity contribution in [3.05, 3.63) is 0 Å². The molecule has 0 aromatic rings. The molecule has 7 nitrogen and oxygen atoms in total. The molecule has 3 N–H and O–H groups in total. The number of nitrogens with zero attached hydrogens (tertiary/aromatic N) is 1. The molecule has 0 radical (unpaired) electrons. The zero-order chi connectivity index (χ0) is 14.0. The van der Waals surface area contributed by atoms with Crippen LogP contribution in [0, 0.1) is 0 Å². The Balaban J connectivity index is 2.00. The van der Waals surface area contributed by atoms with Gasteiger partial charge >= 0.3 is 0 Å². The van der Waals surface area contributed by atoms with E-state index in [9.17, 15) is 20.1 Å². The molecule has 2 heterocycles. The fourth-order valence-corrected chi connectivity index (χ4v) is 2.53. The van der Waals surface area contributed by atoms with E-state index in [1.807, 2.05) is 0 Å². The average Bonchev–Trinajstić information content (AvgIpc) is 2.41. The highest BCUT2D eigenvalue weighted by Gasteiger charge is 2.44. The Morgan fingerprint density at radius 2 is 2.00 bits per heavy atom. The van der Waals surface area contributed by atoms with E-state index >= 15 is 0 Å². The molecule has 0 bridgehead atoms. The maximum Gasteiger partial charge on any atom is 0.222 e. The number of piperidine rings is 1. The molecule has 2 fully saturated rings. The second kappa shape index (κ2) is 6.15. The Morgan fingerprint density at radius 1 is 1.26 bits per heavy atom. The number of rotatable bonds is 3. The summed E-state index contributed by atoms with van der Waals surface area (Å²) in [6.45, 7) is 0.825. The van der Waals surface area contributed by atoms with Crippen molar-refractivity contribution < 1.29 is 29.6 Å². The summed E-state index contributed by atoms with van der Waals surface area (Å²) in [5.74, 6) is 0.0247. The molecule has 2 aliphatic heterocycles. The quantitative estimate of drug-likeness (QED) is 0.577. The maximum atomic E-state index is 11.7. The summed E-state index contributed by atoms with van der Waals surface area (Å²) in [5, 5.41) is 29.3. The Hall–Kier alpha value is -0.730. The first-order valence-corrected chi connectivity index (χ1v) is 6.55. The fraction of sp³-hybridized carbons (Fsp3) is 0.917. The monoisotopic (exact) mass is 275 g/mol. The van der Waals surface area contributed by atoms with Gasteiger partial charge in [0.2, 0.25) is 5.91 Å². The van der Waals surface area contributed by atoms with Crippen molar-refractivity contribution >= 4 is 5.91 Å². The summed E-state index contributed by atoms with van der Waals surface area (Å²) in [6.07, 6.45) is -3.33. The highest BCUT2D eigenvalue weighted by atomic mass is 16.7. The third-order valence-corrected chi connectivity index (χ3v) is 3.72. The largest absolute Gasteiger partial charge is 0.388 e. The first kappa shape index (κ1) is 14.7. The van der Waals surface area contributed by atoms with Gasteiger partial charge in [-0.05, 0) is 12.8 Å². The molecule has 0 aromatic heterocycles. The van der Waals surface area contributed by atoms with Gasteiger partial charge in [0.05, 0.1) is 0 Å². The zero-order valence-electron chi connectivity index (χ0n) is 10.9. The van der Waals surface area contributed by atoms with Crippen LogP contribution in [-0.4, -0.2) is 77.0 Å². The van der Waals surface area contributed by atoms with Gasteiger partial charge in [0.15, 0.2) is 6.29 Å². The van der Waals surface area contributed by atoms with E-state index in [2.05, 4.69) is 0 Å². The minimum atomic E-state index is -1.34. The van der Waals surface area contributed by atoms with Crippen LogP contribution in [0.4, 0.5) is 0 Å². The third kappa shape index (κ3) is 3.06. The molecule has 0 unspecified atom stereocenters. The summed E-state index contributed by atoms with van der Waals surface area (Å²) in [7, 11) is 1.35. The normalized spacial score (nSPS) is 40.5. The number of ether oxygens (including phenoxy) is 2. The van der Waals surface area contributed by atoms with E-state index in [1.54, 1.807) is 4.90 Å². The second-order valence-electron chi connectivity index (χ2n) is 5.05. The van der Waals surface area contributed by atoms with Gasteiger partial charge in [-0.1, -0.05) is 0 Å². The average molecular weight is 275 g/mol. The van der Waals surface area contributed by atoms with E-state index in [0.717, 1.165) is 12.8 Å². The smallest absolute Gasteiger partial charge is 0.222 e. The third-order valence-electron chi connectivity index (χ3n) is 3.72. The SMILES string of the molecule is CO[C@H]1O[C@H](CN2CCCCC2=O)[C@@H](O)[C@H](O)[C@H]1O. The van der Waals surface area contributed by atoms with Crippen LogP contribution in [0.5, 0.6) is 0 Å². The van der Waals surface area contributed by atoms with Crippen molar-refractivity contribution in [2.75, 3.05) is 20.2 Å². The molecule has 0 aliphatic carbocycles. The van der Waals surface area contributed by atoms with Gasteiger partial charge in [-0.15, -0.1) is 0 Å². The van der Waals surface area contributed by atoms with Crippen molar-refractivity contribution in [2.45, 2.75) is 50.0 Å². The number of hydrogen-bond donors (Lipinski definition) is 3. The Morgan fingerprint density at radius 3 is 2.63 bits per heavy atom. The number of aliphatic hydroxyl groups excluding tert-OH is 3. The molecule has 0 aromatic carbocycles. The summed E-state index contributed by atoms with van der Waals surface area (Å²) in [4.78, 5) is 13.3. The maximum absolute atomic E-state index is 11.7. The minimum absolute atomic E-state index is 0.0247. The molecule has 19 heavy (non-hydrogen) atoms. The Bertz CT molecular complexity index is 323. The molecule has 2 aliphatic rings. The van der Waals surface area contributed by atoms with Gasteiger partial charge in [0.25, 0.3) is 0 Å². The minimum Gasteiger partial charge on any atom is -0.388 e. The van der Waals surface area contributed by atoms with Crippen LogP contribution in [0.1, 0.15) is 19.3 Å². The zero-order valence-corrected chi connectivity index (χ0v) is 10.9. The van der Waals surface area contributed by atoms with Crippen molar-refractivity contribution in [2.24, 2.45) is 0 Å². The number of carbonyl (C=O) groups excluding carboxylic acids is 1. The number of carbonyl (C=O) groups is 1. The van der Waals surface area contributed by atoms with Crippen LogP contribution in [0.3, 0.4) is 0 Å². The lowest BCUT2D eigenvalue weighted by Crippen LogP contribution is -2.61. The molecule has 0 spiro atoms. The first-order chi connectivity index (χ1) is 9.04. The van der Waals surface area contributed by atoms with Gasteiger partial charge < -0.3 is 29.7 Å². The molecule has 2 rings (SSSR count). The van der Waals surface area contributed by atoms with Crippen molar-refractivity contribution in [3.8, 4) is 0 Å². The van der Waals surface area contributed by atoms with Crippen LogP contribution in [0.15, 0.2) is 0 Å². The highest BCUT2D eigenvalue weighted by Crippen LogP contribution is 2.23. The molecule has 110 valence electrons. The van der Waals surface area contributed by atoms with Gasteiger partial charge in [-0.25, -0.2) is 0 Å². The van der Waals surface area contributed by atoms with Crippen LogP contribution < -0.4 is 0 Å². The predicted molar refractivity (Wildman–Crippen MR) is 64.1 cm³/mol. The molecule has 7 heteroatoms. The van der Waals surface area contributed by atoms with Crippen LogP contribution >= 0.6 is 0 Å². The predicted octanol–water partition coefficient (Wildman–Crippen LogP) is -1.55. The van der Waals surface area contributed by atoms with E-state index in [0.29, 0.717) is 13.0 Å². The van der Waals surface area contributed by atoms with Crippen LogP contribution in [-0.2, 0) is 14.3 Å². The van der Waals surface area contributed by atoms with Crippen LogP contribution in [0.2, 0.25) is 0 Å². The molecule has 2 saturated heterocycles. The van der Waals surface area contributed by atoms with Gasteiger partial charge in [0.1, 0.15) is 24.4 Å². The van der Waals surface area contributed by atoms with Gasteiger partial charge in [0, 0.05) is 26.6 Å². The van der Waals surface area contributed by atoms with E-state index in [-0.39, 0.29) is 12.5 Å². The molecular formula is C12H21NO6. The summed E-state index contributed by atoms with van der Waals surface area (Å²) in [6, 6.07) is 0. The van der Waals surface area contributed by atoms with Gasteiger partial charge in [-0.3, -0.25) is 4.79 Å². The molecule has 1 amide bonds. The lowest BCUT2D eigenvalue weighted by Gasteiger charge is -2.42. The van der Waals surface area contributed by atoms with E-state index in [4.69, 9.17) is 9.47 Å². The molecule has 0 saturated carbocycles. The lowest BCUT2D eigenvalue weighted by atomic mass is 9.98. The number of likely N-dealkylation sites (tertiary alicyclic amines) is 1. The standard InChI is InChI=1S/C12H21NO6/c1-18-12-11(17)10(16)9(15)7(19-12)6-13-5-3-2-4-8(13)14/h7,9-12,15-17H,2-6H2,1H3/t7-,9-,10+,11-,12+/m1/s1. The topological polar surface area (TPSA) is 99.5 Å². The van der Waals surface area contributed by atoms with E-state index < -0.39 is 30.7 Å². The number of aliphatic hydroxyl groups is 3. The molecule has 5 atom stereocenters. The van der Waals surface area contributed by atoms with Crippen molar-refractivity contribution in [1.29, 1.82) is 0 Å². The number of amides is 1. The van der Waals surface area contributed by atoms with E-state index in [1.165, 1.54) is 7.11 Å². The number of methoxy groups -OCH3 is 1. The molecular weight excluding hydrogens is 254 g/mol. The van der Waals surface area contributed by atoms with Crippen molar-refractivity contribution in [1.82, 2.24) is 4.90 Å². The lowest BCUT2D eigenvalue weighted by molar-refractivity contribution is -0.291. The van der Waals surface area contributed by atoms with Gasteiger partial charge in [-0.2, -0.15) is 0 Å². The fourth-order valence-electron chi connectivity index (χ4n) is 2.53. The van der Waals surface area contributed by atoms with Crippen LogP contribution in [0.25, 0.3) is 0 Å².